The van der Waals surface area contributed by atoms with Crippen LogP contribution in [0.2, 0.25) is 0 Å². The highest BCUT2D eigenvalue weighted by molar-refractivity contribution is 6.23. The predicted octanol–water partition coefficient (Wildman–Crippen LogP) is 1.74. The molecule has 2 fully saturated rings. The highest BCUT2D eigenvalue weighted by Crippen LogP contribution is 2.47. The fraction of sp³-hybridized carbons (Fsp3) is 0.750. The Morgan fingerprint density at radius 1 is 1.70 bits per heavy atom. The minimum atomic E-state index is 0.370. The van der Waals surface area contributed by atoms with Crippen LogP contribution < -0.4 is 5.32 Å². The van der Waals surface area contributed by atoms with Gasteiger partial charge in [0.2, 0.25) is 0 Å². The smallest absolute Gasteiger partial charge is 0.0591 e. The first-order valence-electron chi connectivity index (χ1n) is 3.78. The molecule has 0 bridgehead atoms. The molecule has 1 nitrogen and oxygen atoms in total. The summed E-state index contributed by atoms with van der Waals surface area (Å²) < 4.78 is 0. The van der Waals surface area contributed by atoms with Gasteiger partial charge in [0.1, 0.15) is 0 Å². The molecule has 1 aliphatic heterocycles. The van der Waals surface area contributed by atoms with Gasteiger partial charge in [0.05, 0.1) is 5.38 Å². The molecule has 2 rings (SSSR count). The molecule has 1 N–H and O–H groups in total. The van der Waals surface area contributed by atoms with E-state index in [4.69, 9.17) is 11.6 Å². The number of alkyl halides is 1. The first-order chi connectivity index (χ1) is 4.70. The SMILES string of the molecule is C=C1C[C@H](C)[C@H]2[C@H](Cl)[C@H]2N1. The maximum Gasteiger partial charge on any atom is 0.0591 e. The number of halogens is 1. The number of piperidine rings is 1. The first-order valence-corrected chi connectivity index (χ1v) is 4.22. The van der Waals surface area contributed by atoms with Crippen molar-refractivity contribution < 1.29 is 0 Å². The van der Waals surface area contributed by atoms with Crippen molar-refractivity contribution in [2.24, 2.45) is 11.8 Å². The van der Waals surface area contributed by atoms with Crippen LogP contribution in [-0.2, 0) is 0 Å². The molecule has 0 aromatic carbocycles. The fourth-order valence-electron chi connectivity index (χ4n) is 1.96. The Bertz CT molecular complexity index is 168. The van der Waals surface area contributed by atoms with Gasteiger partial charge in [0.25, 0.3) is 0 Å². The Balaban J connectivity index is 2.09. The number of hydrogen-bond acceptors (Lipinski definition) is 1. The molecule has 10 heavy (non-hydrogen) atoms. The van der Waals surface area contributed by atoms with E-state index in [-0.39, 0.29) is 0 Å². The lowest BCUT2D eigenvalue weighted by Crippen LogP contribution is -2.25. The van der Waals surface area contributed by atoms with E-state index in [0.717, 1.165) is 18.0 Å². The quantitative estimate of drug-likeness (QED) is 0.529. The molecule has 0 spiro atoms. The monoisotopic (exact) mass is 157 g/mol. The van der Waals surface area contributed by atoms with Gasteiger partial charge in [-0.15, -0.1) is 11.6 Å². The second-order valence-corrected chi connectivity index (χ2v) is 3.98. The number of allylic oxidation sites excluding steroid dienone is 1. The summed E-state index contributed by atoms with van der Waals surface area (Å²) in [6, 6.07) is 0.540. The Morgan fingerprint density at radius 2 is 2.40 bits per heavy atom. The van der Waals surface area contributed by atoms with Crippen LogP contribution in [0.1, 0.15) is 13.3 Å². The van der Waals surface area contributed by atoms with Gasteiger partial charge in [-0.05, 0) is 12.3 Å². The first kappa shape index (κ1) is 6.53. The number of rotatable bonds is 0. The third kappa shape index (κ3) is 0.766. The highest BCUT2D eigenvalue weighted by atomic mass is 35.5. The molecule has 0 unspecified atom stereocenters. The molecule has 1 heterocycles. The lowest BCUT2D eigenvalue weighted by atomic mass is 9.97. The molecule has 1 saturated heterocycles. The van der Waals surface area contributed by atoms with Crippen molar-refractivity contribution in [2.75, 3.05) is 0 Å². The molecule has 1 saturated carbocycles. The van der Waals surface area contributed by atoms with E-state index in [1.165, 1.54) is 0 Å². The van der Waals surface area contributed by atoms with Crippen LogP contribution in [0.3, 0.4) is 0 Å². The average molecular weight is 158 g/mol. The van der Waals surface area contributed by atoms with Gasteiger partial charge in [-0.25, -0.2) is 0 Å². The van der Waals surface area contributed by atoms with E-state index in [1.54, 1.807) is 0 Å². The fourth-order valence-corrected chi connectivity index (χ4v) is 2.51. The van der Waals surface area contributed by atoms with Crippen LogP contribution >= 0.6 is 11.6 Å². The zero-order chi connectivity index (χ0) is 7.30. The van der Waals surface area contributed by atoms with E-state index in [0.29, 0.717) is 17.3 Å². The lowest BCUT2D eigenvalue weighted by Gasteiger charge is -2.20. The molecular weight excluding hydrogens is 146 g/mol. The van der Waals surface area contributed by atoms with Crippen LogP contribution in [0.4, 0.5) is 0 Å². The molecule has 0 radical (unpaired) electrons. The zero-order valence-corrected chi connectivity index (χ0v) is 6.86. The molecule has 0 amide bonds. The Morgan fingerprint density at radius 3 is 3.00 bits per heavy atom. The summed E-state index contributed by atoms with van der Waals surface area (Å²) in [5.74, 6) is 1.45. The summed E-state index contributed by atoms with van der Waals surface area (Å²) in [6.45, 7) is 6.16. The third-order valence-electron chi connectivity index (χ3n) is 2.58. The molecule has 1 aliphatic carbocycles. The number of hydrogen-bond donors (Lipinski definition) is 1. The van der Waals surface area contributed by atoms with Crippen LogP contribution in [0, 0.1) is 11.8 Å². The maximum absolute atomic E-state index is 6.01. The summed E-state index contributed by atoms with van der Waals surface area (Å²) in [7, 11) is 0. The lowest BCUT2D eigenvalue weighted by molar-refractivity contribution is 0.428. The second-order valence-electron chi connectivity index (χ2n) is 3.48. The average Bonchev–Trinajstić information content (AvgIpc) is 2.42. The maximum atomic E-state index is 6.01. The van der Waals surface area contributed by atoms with Gasteiger partial charge in [0, 0.05) is 17.7 Å². The predicted molar refractivity (Wildman–Crippen MR) is 43.0 cm³/mol. The van der Waals surface area contributed by atoms with Crippen LogP contribution in [0.25, 0.3) is 0 Å². The van der Waals surface area contributed by atoms with Crippen molar-refractivity contribution in [1.82, 2.24) is 5.32 Å². The van der Waals surface area contributed by atoms with Crippen molar-refractivity contribution in [1.29, 1.82) is 0 Å². The largest absolute Gasteiger partial charge is 0.384 e. The van der Waals surface area contributed by atoms with E-state index >= 15 is 0 Å². The van der Waals surface area contributed by atoms with Crippen molar-refractivity contribution in [2.45, 2.75) is 24.8 Å². The van der Waals surface area contributed by atoms with Crippen LogP contribution in [0.5, 0.6) is 0 Å². The normalized spacial score (nSPS) is 51.6. The Hall–Kier alpha value is -0.170. The molecule has 0 aromatic rings. The van der Waals surface area contributed by atoms with E-state index in [9.17, 15) is 0 Å². The van der Waals surface area contributed by atoms with Crippen molar-refractivity contribution in [3.8, 4) is 0 Å². The minimum Gasteiger partial charge on any atom is -0.384 e. The minimum absolute atomic E-state index is 0.370. The molecule has 2 heteroatoms. The molecule has 2 aliphatic rings. The Kier molecular flexibility index (Phi) is 1.25. The molecule has 0 aromatic heterocycles. The summed E-state index contributed by atoms with van der Waals surface area (Å²) in [4.78, 5) is 0. The molecule has 4 atom stereocenters. The van der Waals surface area contributed by atoms with Crippen molar-refractivity contribution >= 4 is 11.6 Å². The van der Waals surface area contributed by atoms with E-state index in [1.807, 2.05) is 0 Å². The third-order valence-corrected chi connectivity index (χ3v) is 3.14. The van der Waals surface area contributed by atoms with Crippen LogP contribution in [0.15, 0.2) is 12.3 Å². The van der Waals surface area contributed by atoms with Gasteiger partial charge in [0.15, 0.2) is 0 Å². The summed E-state index contributed by atoms with van der Waals surface area (Å²) in [5.41, 5.74) is 1.16. The van der Waals surface area contributed by atoms with Gasteiger partial charge in [-0.1, -0.05) is 13.5 Å². The van der Waals surface area contributed by atoms with Crippen LogP contribution in [-0.4, -0.2) is 11.4 Å². The molecule has 56 valence electrons. The van der Waals surface area contributed by atoms with Gasteiger partial charge in [-0.2, -0.15) is 0 Å². The van der Waals surface area contributed by atoms with E-state index in [2.05, 4.69) is 18.8 Å². The summed E-state index contributed by atoms with van der Waals surface area (Å²) in [5, 5.41) is 3.68. The van der Waals surface area contributed by atoms with Crippen molar-refractivity contribution in [3.63, 3.8) is 0 Å². The van der Waals surface area contributed by atoms with Crippen molar-refractivity contribution in [3.05, 3.63) is 12.3 Å². The summed E-state index contributed by atoms with van der Waals surface area (Å²) >= 11 is 6.01. The van der Waals surface area contributed by atoms with E-state index < -0.39 is 0 Å². The highest BCUT2D eigenvalue weighted by Gasteiger charge is 2.54. The summed E-state index contributed by atoms with van der Waals surface area (Å²) in [6.07, 6.45) is 1.10. The topological polar surface area (TPSA) is 12.0 Å². The van der Waals surface area contributed by atoms with Gasteiger partial charge >= 0.3 is 0 Å². The second kappa shape index (κ2) is 1.91. The standard InChI is InChI=1S/C8H12ClN/c1-4-3-5(2)10-8-6(4)7(8)9/h4,6-8,10H,2-3H2,1H3/t4-,6-,7-,8-/m0/s1. The Labute approximate surface area is 66.4 Å². The zero-order valence-electron chi connectivity index (χ0n) is 6.10. The van der Waals surface area contributed by atoms with Gasteiger partial charge in [-0.3, -0.25) is 0 Å². The number of fused-ring (bicyclic) bond motifs is 1. The van der Waals surface area contributed by atoms with Gasteiger partial charge < -0.3 is 5.32 Å². The molecular formula is C8H12ClN. The number of nitrogens with one attached hydrogen (secondary N) is 1.